The molecule has 0 aromatic heterocycles. The molecule has 1 aliphatic heterocycles. The molecular formula is C30H62N2O4. The predicted octanol–water partition coefficient (Wildman–Crippen LogP) is 8.14. The van der Waals surface area contributed by atoms with Crippen LogP contribution in [0.5, 0.6) is 0 Å². The van der Waals surface area contributed by atoms with Gasteiger partial charge < -0.3 is 10.8 Å². The summed E-state index contributed by atoms with van der Waals surface area (Å²) in [5.41, 5.74) is 6.81. The molecular weight excluding hydrogens is 452 g/mol. The number of imide groups is 1. The fraction of sp³-hybridized carbons (Fsp3) is 0.833. The number of unbranched alkanes of at least 4 members (excludes halogenated alkanes) is 6. The van der Waals surface area contributed by atoms with Gasteiger partial charge in [-0.25, -0.2) is 0 Å². The molecule has 0 aromatic rings. The van der Waals surface area contributed by atoms with Crippen LogP contribution in [0, 0.1) is 5.41 Å². The van der Waals surface area contributed by atoms with Gasteiger partial charge in [0, 0.05) is 27.1 Å². The fourth-order valence-corrected chi connectivity index (χ4v) is 4.34. The van der Waals surface area contributed by atoms with Crippen molar-refractivity contribution in [2.24, 2.45) is 11.1 Å². The van der Waals surface area contributed by atoms with E-state index < -0.39 is 17.8 Å². The zero-order valence-electron chi connectivity index (χ0n) is 24.7. The number of carboxylic acids is 1. The SMILES string of the molecule is CCCCCCC(C)(C)CCC.CCCCCCC(C)(N)CCC.O=C(O)CCN1C(=O)C=CC1=O.[HH].[HH]. The number of rotatable bonds is 17. The molecule has 0 aliphatic carbocycles. The average Bonchev–Trinajstić information content (AvgIpc) is 3.11. The molecule has 216 valence electrons. The van der Waals surface area contributed by atoms with E-state index in [2.05, 4.69) is 48.5 Å². The van der Waals surface area contributed by atoms with E-state index in [0.717, 1.165) is 17.1 Å². The smallest absolute Gasteiger partial charge is 0.305 e. The second-order valence-electron chi connectivity index (χ2n) is 11.2. The van der Waals surface area contributed by atoms with Crippen molar-refractivity contribution in [3.63, 3.8) is 0 Å². The van der Waals surface area contributed by atoms with Crippen LogP contribution in [0.1, 0.15) is 148 Å². The van der Waals surface area contributed by atoms with Crippen molar-refractivity contribution in [1.29, 1.82) is 0 Å². The fourth-order valence-electron chi connectivity index (χ4n) is 4.34. The number of carboxylic acid groups (broad SMARTS) is 1. The molecule has 36 heavy (non-hydrogen) atoms. The first-order chi connectivity index (χ1) is 16.9. The molecule has 6 nitrogen and oxygen atoms in total. The molecule has 0 bridgehead atoms. The maximum Gasteiger partial charge on any atom is 0.305 e. The zero-order valence-corrected chi connectivity index (χ0v) is 24.7. The molecule has 0 fully saturated rings. The Morgan fingerprint density at radius 1 is 0.778 bits per heavy atom. The third-order valence-corrected chi connectivity index (χ3v) is 6.51. The van der Waals surface area contributed by atoms with E-state index in [0.29, 0.717) is 5.41 Å². The van der Waals surface area contributed by atoms with Crippen LogP contribution in [0.3, 0.4) is 0 Å². The summed E-state index contributed by atoms with van der Waals surface area (Å²) in [7, 11) is 0. The van der Waals surface area contributed by atoms with Crippen LogP contribution in [0.4, 0.5) is 0 Å². The Kier molecular flexibility index (Phi) is 21.7. The lowest BCUT2D eigenvalue weighted by Crippen LogP contribution is -2.35. The van der Waals surface area contributed by atoms with Crippen LogP contribution in [0.25, 0.3) is 0 Å². The first-order valence-corrected chi connectivity index (χ1v) is 14.4. The Hall–Kier alpha value is -1.69. The van der Waals surface area contributed by atoms with Gasteiger partial charge in [0.2, 0.25) is 0 Å². The van der Waals surface area contributed by atoms with Gasteiger partial charge in [-0.1, -0.05) is 106 Å². The molecule has 1 rings (SSSR count). The van der Waals surface area contributed by atoms with E-state index in [1.807, 2.05) is 0 Å². The monoisotopic (exact) mass is 514 g/mol. The Labute approximate surface area is 225 Å². The van der Waals surface area contributed by atoms with E-state index in [9.17, 15) is 14.4 Å². The minimum Gasteiger partial charge on any atom is -0.481 e. The second kappa shape index (κ2) is 21.4. The number of hydrogen-bond acceptors (Lipinski definition) is 4. The quantitative estimate of drug-likeness (QED) is 0.151. The molecule has 1 heterocycles. The molecule has 0 spiro atoms. The maximum atomic E-state index is 10.8. The van der Waals surface area contributed by atoms with Crippen LogP contribution in [-0.2, 0) is 14.4 Å². The van der Waals surface area contributed by atoms with Gasteiger partial charge in [0.05, 0.1) is 6.42 Å². The first kappa shape index (κ1) is 36.5. The summed E-state index contributed by atoms with van der Waals surface area (Å²) in [6, 6.07) is 0. The zero-order chi connectivity index (χ0) is 28.0. The van der Waals surface area contributed by atoms with Gasteiger partial charge in [0.1, 0.15) is 0 Å². The largest absolute Gasteiger partial charge is 0.481 e. The van der Waals surface area contributed by atoms with Crippen LogP contribution < -0.4 is 5.73 Å². The topological polar surface area (TPSA) is 101 Å². The van der Waals surface area contributed by atoms with Crippen molar-refractivity contribution in [2.45, 2.75) is 150 Å². The van der Waals surface area contributed by atoms with Crippen molar-refractivity contribution in [1.82, 2.24) is 4.90 Å². The van der Waals surface area contributed by atoms with Gasteiger partial charge >= 0.3 is 5.97 Å². The first-order valence-electron chi connectivity index (χ1n) is 14.4. The molecule has 0 saturated heterocycles. The summed E-state index contributed by atoms with van der Waals surface area (Å²) >= 11 is 0. The number of nitrogens with two attached hydrogens (primary N) is 1. The molecule has 2 amide bonds. The maximum absolute atomic E-state index is 10.8. The van der Waals surface area contributed by atoms with Gasteiger partial charge in [-0.2, -0.15) is 0 Å². The van der Waals surface area contributed by atoms with Crippen LogP contribution in [-0.4, -0.2) is 39.9 Å². The molecule has 3 N–H and O–H groups in total. The Balaban J connectivity index is -0.000000222. The highest BCUT2D eigenvalue weighted by Crippen LogP contribution is 2.29. The molecule has 1 unspecified atom stereocenters. The Morgan fingerprint density at radius 2 is 1.25 bits per heavy atom. The minimum atomic E-state index is -1.03. The second-order valence-corrected chi connectivity index (χ2v) is 11.2. The van der Waals surface area contributed by atoms with Crippen molar-refractivity contribution < 1.29 is 22.3 Å². The number of hydrogen-bond donors (Lipinski definition) is 2. The molecule has 6 heteroatoms. The van der Waals surface area contributed by atoms with Crippen molar-refractivity contribution in [3.8, 4) is 0 Å². The predicted molar refractivity (Wildman–Crippen MR) is 156 cm³/mol. The lowest BCUT2D eigenvalue weighted by atomic mass is 9.83. The highest BCUT2D eigenvalue weighted by atomic mass is 16.4. The highest BCUT2D eigenvalue weighted by Gasteiger charge is 2.23. The molecule has 0 radical (unpaired) electrons. The summed E-state index contributed by atoms with van der Waals surface area (Å²) in [4.78, 5) is 32.6. The number of amides is 2. The van der Waals surface area contributed by atoms with Crippen LogP contribution >= 0.6 is 0 Å². The minimum absolute atomic E-state index is 0. The van der Waals surface area contributed by atoms with Gasteiger partial charge in [0.25, 0.3) is 11.8 Å². The summed E-state index contributed by atoms with van der Waals surface area (Å²) in [6.45, 7) is 15.9. The molecule has 1 aliphatic rings. The average molecular weight is 515 g/mol. The molecule has 0 saturated carbocycles. The Morgan fingerprint density at radius 3 is 1.67 bits per heavy atom. The van der Waals surface area contributed by atoms with Gasteiger partial charge in [-0.3, -0.25) is 19.3 Å². The van der Waals surface area contributed by atoms with Crippen molar-refractivity contribution >= 4 is 17.8 Å². The van der Waals surface area contributed by atoms with Crippen molar-refractivity contribution in [3.05, 3.63) is 12.2 Å². The Bertz CT molecular complexity index is 594. The summed E-state index contributed by atoms with van der Waals surface area (Å²) in [5, 5.41) is 8.28. The number of nitrogens with zero attached hydrogens (tertiary/aromatic N) is 1. The third kappa shape index (κ3) is 21.6. The van der Waals surface area contributed by atoms with Crippen LogP contribution in [0.15, 0.2) is 12.2 Å². The molecule has 1 atom stereocenters. The third-order valence-electron chi connectivity index (χ3n) is 6.51. The summed E-state index contributed by atoms with van der Waals surface area (Å²) < 4.78 is 0. The van der Waals surface area contributed by atoms with E-state index in [1.165, 1.54) is 89.9 Å². The van der Waals surface area contributed by atoms with Crippen LogP contribution in [0.2, 0.25) is 0 Å². The van der Waals surface area contributed by atoms with E-state index >= 15 is 0 Å². The van der Waals surface area contributed by atoms with Gasteiger partial charge in [-0.05, 0) is 38.0 Å². The number of carbonyl (C=O) groups is 3. The van der Waals surface area contributed by atoms with Gasteiger partial charge in [0.15, 0.2) is 0 Å². The standard InChI is InChI=1S/C12H26.C11H25N.C7H7NO4.2H2/c1-5-7-8-9-11-12(3,4)10-6-2;1-4-6-7-8-10-11(3,12)9-5-2;9-5-1-2-6(10)8(5)4-3-7(11)12;;/h5-11H2,1-4H3;4-10,12H2,1-3H3;1-2H,3-4H2,(H,11,12);2*1H. The normalized spacial score (nSPS) is 14.6. The lowest BCUT2D eigenvalue weighted by molar-refractivity contribution is -0.140. The summed E-state index contributed by atoms with van der Waals surface area (Å²) in [6.07, 6.45) is 20.7. The van der Waals surface area contributed by atoms with Crippen molar-refractivity contribution in [2.75, 3.05) is 6.54 Å². The summed E-state index contributed by atoms with van der Waals surface area (Å²) in [5.74, 6) is -1.91. The number of aliphatic carboxylic acids is 1. The highest BCUT2D eigenvalue weighted by molar-refractivity contribution is 6.12. The van der Waals surface area contributed by atoms with E-state index in [4.69, 9.17) is 10.8 Å². The van der Waals surface area contributed by atoms with Gasteiger partial charge in [-0.15, -0.1) is 0 Å². The van der Waals surface area contributed by atoms with E-state index in [1.54, 1.807) is 0 Å². The lowest BCUT2D eigenvalue weighted by Gasteiger charge is -2.23. The molecule has 0 aromatic carbocycles. The number of carbonyl (C=O) groups excluding carboxylic acids is 2. The van der Waals surface area contributed by atoms with E-state index in [-0.39, 0.29) is 21.4 Å².